The zero-order chi connectivity index (χ0) is 16.6. The van der Waals surface area contributed by atoms with Crippen molar-refractivity contribution in [2.24, 2.45) is 0 Å². The van der Waals surface area contributed by atoms with E-state index in [9.17, 15) is 9.46 Å². The Kier molecular flexibility index (Phi) is 9.36. The van der Waals surface area contributed by atoms with Gasteiger partial charge in [-0.05, 0) is 0 Å². The van der Waals surface area contributed by atoms with Crippen molar-refractivity contribution in [3.8, 4) is 0 Å². The number of nitrogens with zero attached hydrogens (tertiary/aromatic N) is 1. The fraction of sp³-hybridized carbons (Fsp3) is 1.00. The quantitative estimate of drug-likeness (QED) is 0.165. The van der Waals surface area contributed by atoms with Crippen LogP contribution in [0.25, 0.3) is 0 Å². The van der Waals surface area contributed by atoms with Gasteiger partial charge in [-0.2, -0.15) is 0 Å². The van der Waals surface area contributed by atoms with Gasteiger partial charge in [-0.25, -0.2) is 9.09 Å². The lowest BCUT2D eigenvalue weighted by atomic mass is 10.7. The van der Waals surface area contributed by atoms with Gasteiger partial charge < -0.3 is 28.0 Å². The highest BCUT2D eigenvalue weighted by atomic mass is 31.2. The molecule has 2 N–H and O–H groups in total. The SMILES string of the molecule is CO[Si](CNCCOP(=O)(O)OC[N+](C)(C)C)(OC)OC. The summed E-state index contributed by atoms with van der Waals surface area (Å²) in [6.45, 7) is 0.434. The lowest BCUT2D eigenvalue weighted by Gasteiger charge is -2.25. The Morgan fingerprint density at radius 1 is 1.10 bits per heavy atom. The van der Waals surface area contributed by atoms with Gasteiger partial charge in [0.25, 0.3) is 0 Å². The highest BCUT2D eigenvalue weighted by molar-refractivity contribution is 7.47. The standard InChI is InChI=1S/C10H27N2O7PSi/c1-12(2,3)10-19-20(13,14)18-8-7-11-9-21(15-4,16-5)17-6/h11H,7-10H2,1-6H3/p+1. The van der Waals surface area contributed by atoms with Crippen molar-refractivity contribution < 1.29 is 36.3 Å². The molecular formula is C10H28N2O7PSi+. The van der Waals surface area contributed by atoms with Crippen LogP contribution in [-0.4, -0.2) is 86.7 Å². The van der Waals surface area contributed by atoms with Gasteiger partial charge >= 0.3 is 16.6 Å². The van der Waals surface area contributed by atoms with Crippen molar-refractivity contribution in [1.29, 1.82) is 0 Å². The second-order valence-electron chi connectivity index (χ2n) is 5.32. The topological polar surface area (TPSA) is 95.5 Å². The summed E-state index contributed by atoms with van der Waals surface area (Å²) < 4.78 is 37.4. The lowest BCUT2D eigenvalue weighted by Crippen LogP contribution is -2.52. The van der Waals surface area contributed by atoms with Gasteiger partial charge in [0, 0.05) is 27.9 Å². The molecule has 0 aromatic carbocycles. The number of hydrogen-bond acceptors (Lipinski definition) is 7. The van der Waals surface area contributed by atoms with Crippen LogP contribution in [0.5, 0.6) is 0 Å². The van der Waals surface area contributed by atoms with Gasteiger partial charge in [0.2, 0.25) is 0 Å². The molecule has 0 rings (SSSR count). The van der Waals surface area contributed by atoms with Crippen molar-refractivity contribution in [3.05, 3.63) is 0 Å². The molecule has 0 bridgehead atoms. The number of hydrogen-bond donors (Lipinski definition) is 2. The zero-order valence-corrected chi connectivity index (χ0v) is 15.5. The van der Waals surface area contributed by atoms with Crippen LogP contribution in [0.4, 0.5) is 0 Å². The molecule has 0 aromatic heterocycles. The maximum absolute atomic E-state index is 11.6. The molecule has 0 spiro atoms. The average Bonchev–Trinajstić information content (AvgIpc) is 2.41. The predicted octanol–water partition coefficient (Wildman–Crippen LogP) is -0.209. The third-order valence-corrected chi connectivity index (χ3v) is 5.92. The van der Waals surface area contributed by atoms with Crippen molar-refractivity contribution in [2.45, 2.75) is 0 Å². The molecular weight excluding hydrogens is 319 g/mol. The van der Waals surface area contributed by atoms with E-state index in [-0.39, 0.29) is 13.3 Å². The van der Waals surface area contributed by atoms with Crippen molar-refractivity contribution in [2.75, 3.05) is 68.5 Å². The number of phosphoric acid groups is 1. The summed E-state index contributed by atoms with van der Waals surface area (Å²) in [5.74, 6) is 0. The number of phosphoric ester groups is 1. The fourth-order valence-corrected chi connectivity index (χ4v) is 3.53. The first-order valence-electron chi connectivity index (χ1n) is 6.38. The molecule has 0 aliphatic carbocycles. The first kappa shape index (κ1) is 21.1. The third-order valence-electron chi connectivity index (χ3n) is 2.42. The Bertz CT molecular complexity index is 328. The molecule has 0 aliphatic heterocycles. The highest BCUT2D eigenvalue weighted by Crippen LogP contribution is 2.43. The van der Waals surface area contributed by atoms with E-state index in [4.69, 9.17) is 22.3 Å². The van der Waals surface area contributed by atoms with Crippen LogP contribution in [0.2, 0.25) is 0 Å². The second-order valence-corrected chi connectivity index (χ2v) is 9.72. The summed E-state index contributed by atoms with van der Waals surface area (Å²) in [7, 11) is 3.34. The van der Waals surface area contributed by atoms with Crippen molar-refractivity contribution in [1.82, 2.24) is 5.32 Å². The summed E-state index contributed by atoms with van der Waals surface area (Å²) in [4.78, 5) is 9.48. The van der Waals surface area contributed by atoms with Crippen molar-refractivity contribution in [3.63, 3.8) is 0 Å². The van der Waals surface area contributed by atoms with Crippen LogP contribution in [0.15, 0.2) is 0 Å². The molecule has 0 saturated carbocycles. The summed E-state index contributed by atoms with van der Waals surface area (Å²) in [5.41, 5.74) is 0. The summed E-state index contributed by atoms with van der Waals surface area (Å²) in [6, 6.07) is 0. The Hall–Kier alpha value is 0.127. The molecule has 1 atom stereocenters. The van der Waals surface area contributed by atoms with Crippen molar-refractivity contribution >= 4 is 16.6 Å². The largest absolute Gasteiger partial charge is 0.514 e. The van der Waals surface area contributed by atoms with Crippen LogP contribution in [0.1, 0.15) is 0 Å². The van der Waals surface area contributed by atoms with E-state index >= 15 is 0 Å². The van der Waals surface area contributed by atoms with Gasteiger partial charge in [-0.3, -0.25) is 4.52 Å². The van der Waals surface area contributed by atoms with Crippen LogP contribution in [0.3, 0.4) is 0 Å². The zero-order valence-electron chi connectivity index (χ0n) is 13.6. The molecule has 11 heteroatoms. The van der Waals surface area contributed by atoms with Gasteiger partial charge in [-0.1, -0.05) is 0 Å². The predicted molar refractivity (Wildman–Crippen MR) is 79.4 cm³/mol. The highest BCUT2D eigenvalue weighted by Gasteiger charge is 2.37. The summed E-state index contributed by atoms with van der Waals surface area (Å²) in [6.07, 6.45) is 0.370. The molecule has 0 aliphatic rings. The van der Waals surface area contributed by atoms with Crippen LogP contribution in [0, 0.1) is 0 Å². The molecule has 9 nitrogen and oxygen atoms in total. The Balaban J connectivity index is 3.96. The normalized spacial score (nSPS) is 16.0. The molecule has 128 valence electrons. The third kappa shape index (κ3) is 9.69. The minimum absolute atomic E-state index is 0.0204. The molecule has 0 aromatic rings. The van der Waals surface area contributed by atoms with E-state index in [1.54, 1.807) is 0 Å². The smallest absolute Gasteiger partial charge is 0.376 e. The first-order chi connectivity index (χ1) is 9.60. The Morgan fingerprint density at radius 2 is 1.62 bits per heavy atom. The lowest BCUT2D eigenvalue weighted by molar-refractivity contribution is -0.887. The summed E-state index contributed by atoms with van der Waals surface area (Å²) in [5, 5.41) is 2.99. The van der Waals surface area contributed by atoms with E-state index in [0.29, 0.717) is 17.2 Å². The minimum Gasteiger partial charge on any atom is -0.376 e. The van der Waals surface area contributed by atoms with Crippen LogP contribution >= 0.6 is 7.82 Å². The number of quaternary nitrogens is 1. The number of rotatable bonds is 12. The molecule has 0 fully saturated rings. The Morgan fingerprint density at radius 3 is 2.05 bits per heavy atom. The maximum atomic E-state index is 11.6. The van der Waals surface area contributed by atoms with Crippen LogP contribution in [-0.2, 0) is 26.9 Å². The van der Waals surface area contributed by atoms with E-state index in [1.165, 1.54) is 21.3 Å². The average molecular weight is 347 g/mol. The van der Waals surface area contributed by atoms with E-state index in [1.807, 2.05) is 21.1 Å². The summed E-state index contributed by atoms with van der Waals surface area (Å²) >= 11 is 0. The first-order valence-corrected chi connectivity index (χ1v) is 9.81. The van der Waals surface area contributed by atoms with E-state index in [0.717, 1.165) is 0 Å². The molecule has 0 radical (unpaired) electrons. The molecule has 1 unspecified atom stereocenters. The Labute approximate surface area is 127 Å². The van der Waals surface area contributed by atoms with Gasteiger partial charge in [0.05, 0.1) is 33.9 Å². The van der Waals surface area contributed by atoms with Gasteiger partial charge in [0.1, 0.15) is 0 Å². The van der Waals surface area contributed by atoms with E-state index in [2.05, 4.69) is 5.32 Å². The van der Waals surface area contributed by atoms with Crippen LogP contribution < -0.4 is 5.32 Å². The minimum atomic E-state index is -4.03. The second kappa shape index (κ2) is 9.31. The van der Waals surface area contributed by atoms with Gasteiger partial charge in [0.15, 0.2) is 6.73 Å². The maximum Gasteiger partial charge on any atom is 0.514 e. The van der Waals surface area contributed by atoms with E-state index < -0.39 is 16.6 Å². The van der Waals surface area contributed by atoms with Gasteiger partial charge in [-0.15, -0.1) is 0 Å². The molecule has 0 heterocycles. The molecule has 21 heavy (non-hydrogen) atoms. The molecule has 0 saturated heterocycles. The molecule has 0 amide bonds. The fourth-order valence-electron chi connectivity index (χ4n) is 1.22. The number of nitrogens with one attached hydrogen (secondary N) is 1. The monoisotopic (exact) mass is 347 g/mol.